The van der Waals surface area contributed by atoms with Gasteiger partial charge in [0, 0.05) is 21.0 Å². The Morgan fingerprint density at radius 3 is 2.56 bits per heavy atom. The molecule has 0 aliphatic carbocycles. The van der Waals surface area contributed by atoms with E-state index in [0.717, 1.165) is 9.13 Å². The molecule has 0 spiro atoms. The quantitative estimate of drug-likeness (QED) is 0.466. The molecule has 0 aliphatic rings. The van der Waals surface area contributed by atoms with Crippen LogP contribution >= 0.6 is 22.6 Å². The Kier molecular flexibility index (Phi) is 4.19. The van der Waals surface area contributed by atoms with Crippen LogP contribution in [0.4, 0.5) is 5.69 Å². The minimum atomic E-state index is -0.135. The van der Waals surface area contributed by atoms with Gasteiger partial charge in [0.1, 0.15) is 0 Å². The predicted molar refractivity (Wildman–Crippen MR) is 104 cm³/mol. The molecule has 0 saturated heterocycles. The fraction of sp³-hybridized carbons (Fsp3) is 0. The Morgan fingerprint density at radius 2 is 1.80 bits per heavy atom. The van der Waals surface area contributed by atoms with Gasteiger partial charge < -0.3 is 9.73 Å². The maximum absolute atomic E-state index is 12.4. The highest BCUT2D eigenvalue weighted by Crippen LogP contribution is 2.24. The van der Waals surface area contributed by atoms with Crippen LogP contribution in [-0.2, 0) is 0 Å². The Morgan fingerprint density at radius 1 is 1.00 bits per heavy atom. The minimum absolute atomic E-state index is 0.135. The molecule has 0 fully saturated rings. The first kappa shape index (κ1) is 15.8. The molecular weight excluding hydrogens is 429 g/mol. The fourth-order valence-electron chi connectivity index (χ4n) is 2.43. The number of nitrogens with one attached hydrogen (secondary N) is 1. The highest BCUT2D eigenvalue weighted by atomic mass is 127. The predicted octanol–water partition coefficient (Wildman–Crippen LogP) is 4.75. The molecule has 0 radical (unpaired) electrons. The summed E-state index contributed by atoms with van der Waals surface area (Å²) < 4.78 is 6.61. The van der Waals surface area contributed by atoms with Gasteiger partial charge in [0.2, 0.25) is 5.89 Å². The molecule has 2 aromatic heterocycles. The average Bonchev–Trinajstić information content (AvgIpc) is 3.07. The molecule has 4 rings (SSSR count). The fourth-order valence-corrected chi connectivity index (χ4v) is 3.06. The van der Waals surface area contributed by atoms with Crippen LogP contribution < -0.4 is 5.32 Å². The first-order valence-corrected chi connectivity index (χ1v) is 8.66. The maximum atomic E-state index is 12.4. The van der Waals surface area contributed by atoms with Crippen molar-refractivity contribution in [3.8, 4) is 11.5 Å². The zero-order valence-corrected chi connectivity index (χ0v) is 15.1. The normalized spacial score (nSPS) is 10.8. The Balaban J connectivity index is 1.56. The number of amides is 1. The molecule has 2 heterocycles. The van der Waals surface area contributed by atoms with E-state index in [1.165, 1.54) is 0 Å². The van der Waals surface area contributed by atoms with Gasteiger partial charge in [0.05, 0.1) is 5.56 Å². The van der Waals surface area contributed by atoms with Crippen molar-refractivity contribution in [2.24, 2.45) is 0 Å². The molecule has 0 aliphatic heterocycles. The molecule has 2 aromatic carbocycles. The van der Waals surface area contributed by atoms with E-state index in [1.54, 1.807) is 18.3 Å². The summed E-state index contributed by atoms with van der Waals surface area (Å²) >= 11 is 2.15. The van der Waals surface area contributed by atoms with E-state index >= 15 is 0 Å². The number of fused-ring (bicyclic) bond motifs is 1. The van der Waals surface area contributed by atoms with Crippen LogP contribution in [0.15, 0.2) is 71.3 Å². The van der Waals surface area contributed by atoms with Crippen LogP contribution in [0, 0.1) is 3.57 Å². The highest BCUT2D eigenvalue weighted by Gasteiger charge is 2.11. The topological polar surface area (TPSA) is 68.0 Å². The molecule has 1 N–H and O–H groups in total. The van der Waals surface area contributed by atoms with Gasteiger partial charge in [-0.05, 0) is 71.1 Å². The minimum Gasteiger partial charge on any atom is -0.434 e. The van der Waals surface area contributed by atoms with Crippen molar-refractivity contribution in [3.63, 3.8) is 0 Å². The van der Waals surface area contributed by atoms with Crippen molar-refractivity contribution < 1.29 is 9.21 Å². The molecule has 0 saturated carbocycles. The first-order chi connectivity index (χ1) is 12.2. The lowest BCUT2D eigenvalue weighted by Gasteiger charge is -2.07. The summed E-state index contributed by atoms with van der Waals surface area (Å²) in [6.07, 6.45) is 1.68. The Labute approximate surface area is 157 Å². The van der Waals surface area contributed by atoms with E-state index in [-0.39, 0.29) is 5.91 Å². The summed E-state index contributed by atoms with van der Waals surface area (Å²) in [5.74, 6) is 0.369. The smallest absolute Gasteiger partial charge is 0.256 e. The molecule has 0 bridgehead atoms. The number of halogens is 1. The van der Waals surface area contributed by atoms with Gasteiger partial charge in [-0.2, -0.15) is 4.98 Å². The van der Waals surface area contributed by atoms with Crippen LogP contribution in [0.25, 0.3) is 22.7 Å². The number of oxazole rings is 1. The van der Waals surface area contributed by atoms with E-state index in [2.05, 4.69) is 37.9 Å². The van der Waals surface area contributed by atoms with Crippen molar-refractivity contribution in [2.45, 2.75) is 0 Å². The van der Waals surface area contributed by atoms with Crippen molar-refractivity contribution >= 4 is 45.4 Å². The second-order valence-electron chi connectivity index (χ2n) is 5.36. The lowest BCUT2D eigenvalue weighted by Crippen LogP contribution is -2.13. The summed E-state index contributed by atoms with van der Waals surface area (Å²) in [5, 5.41) is 2.90. The highest BCUT2D eigenvalue weighted by molar-refractivity contribution is 14.1. The van der Waals surface area contributed by atoms with Gasteiger partial charge in [-0.1, -0.05) is 12.1 Å². The maximum Gasteiger partial charge on any atom is 0.256 e. The van der Waals surface area contributed by atoms with Crippen molar-refractivity contribution in [2.75, 3.05) is 5.32 Å². The van der Waals surface area contributed by atoms with E-state index in [0.29, 0.717) is 28.4 Å². The summed E-state index contributed by atoms with van der Waals surface area (Å²) in [5.41, 5.74) is 3.41. The van der Waals surface area contributed by atoms with Gasteiger partial charge >= 0.3 is 0 Å². The van der Waals surface area contributed by atoms with Gasteiger partial charge in [-0.3, -0.25) is 4.79 Å². The van der Waals surface area contributed by atoms with Crippen LogP contribution in [0.5, 0.6) is 0 Å². The molecular formula is C19H12IN3O2. The Hall–Kier alpha value is -2.74. The SMILES string of the molecule is O=C(Nc1ccc(-c2nc3ncccc3o2)cc1)c1ccccc1I. The largest absolute Gasteiger partial charge is 0.434 e. The Bertz CT molecular complexity index is 1020. The summed E-state index contributed by atoms with van der Waals surface area (Å²) in [6.45, 7) is 0. The summed E-state index contributed by atoms with van der Waals surface area (Å²) in [7, 11) is 0. The third kappa shape index (κ3) is 3.25. The van der Waals surface area contributed by atoms with Crippen LogP contribution in [0.1, 0.15) is 10.4 Å². The number of aromatic nitrogens is 2. The molecule has 5 nitrogen and oxygen atoms in total. The molecule has 6 heteroatoms. The van der Waals surface area contributed by atoms with E-state index in [9.17, 15) is 4.79 Å². The summed E-state index contributed by atoms with van der Waals surface area (Å²) in [4.78, 5) is 20.9. The number of nitrogens with zero attached hydrogens (tertiary/aromatic N) is 2. The lowest BCUT2D eigenvalue weighted by atomic mass is 10.2. The second-order valence-corrected chi connectivity index (χ2v) is 6.52. The third-order valence-electron chi connectivity index (χ3n) is 3.67. The molecule has 25 heavy (non-hydrogen) atoms. The van der Waals surface area contributed by atoms with Crippen LogP contribution in [0.2, 0.25) is 0 Å². The number of carbonyl (C=O) groups is 1. The van der Waals surface area contributed by atoms with E-state index in [4.69, 9.17) is 4.42 Å². The monoisotopic (exact) mass is 441 g/mol. The average molecular weight is 441 g/mol. The van der Waals surface area contributed by atoms with Crippen LogP contribution in [0.3, 0.4) is 0 Å². The first-order valence-electron chi connectivity index (χ1n) is 7.58. The second kappa shape index (κ2) is 6.64. The molecule has 0 atom stereocenters. The van der Waals surface area contributed by atoms with Crippen LogP contribution in [-0.4, -0.2) is 15.9 Å². The zero-order valence-electron chi connectivity index (χ0n) is 12.9. The number of hydrogen-bond acceptors (Lipinski definition) is 4. The van der Waals surface area contributed by atoms with Crippen molar-refractivity contribution in [3.05, 3.63) is 76.0 Å². The molecule has 0 unspecified atom stereocenters. The van der Waals surface area contributed by atoms with Crippen molar-refractivity contribution in [1.29, 1.82) is 0 Å². The van der Waals surface area contributed by atoms with E-state index < -0.39 is 0 Å². The zero-order chi connectivity index (χ0) is 17.2. The van der Waals surface area contributed by atoms with Gasteiger partial charge in [0.25, 0.3) is 5.91 Å². The number of carbonyl (C=O) groups excluding carboxylic acids is 1. The number of hydrogen-bond donors (Lipinski definition) is 1. The molecule has 4 aromatic rings. The van der Waals surface area contributed by atoms with Gasteiger partial charge in [-0.25, -0.2) is 4.98 Å². The number of pyridine rings is 1. The summed E-state index contributed by atoms with van der Waals surface area (Å²) in [6, 6.07) is 18.5. The number of benzene rings is 2. The third-order valence-corrected chi connectivity index (χ3v) is 4.61. The number of anilines is 1. The lowest BCUT2D eigenvalue weighted by molar-refractivity contribution is 0.102. The van der Waals surface area contributed by atoms with Crippen molar-refractivity contribution in [1.82, 2.24) is 9.97 Å². The standard InChI is InChI=1S/C19H12IN3O2/c20-15-5-2-1-4-14(15)18(24)22-13-9-7-12(8-10-13)19-23-17-16(25-19)6-3-11-21-17/h1-11H,(H,22,24). The van der Waals surface area contributed by atoms with E-state index in [1.807, 2.05) is 48.5 Å². The molecule has 122 valence electrons. The van der Waals surface area contributed by atoms with Gasteiger partial charge in [-0.15, -0.1) is 0 Å². The van der Waals surface area contributed by atoms with Gasteiger partial charge in [0.15, 0.2) is 11.2 Å². The number of rotatable bonds is 3. The molecule has 1 amide bonds.